The Morgan fingerprint density at radius 1 is 1.38 bits per heavy atom. The maximum atomic E-state index is 11.9. The molecule has 1 fully saturated rings. The first kappa shape index (κ1) is 12.7. The molecule has 2 atom stereocenters. The van der Waals surface area contributed by atoms with Gasteiger partial charge < -0.3 is 4.74 Å². The van der Waals surface area contributed by atoms with Crippen LogP contribution in [0.3, 0.4) is 0 Å². The Balaban J connectivity index is 2.87. The van der Waals surface area contributed by atoms with Crippen molar-refractivity contribution >= 4 is 17.8 Å². The van der Waals surface area contributed by atoms with Gasteiger partial charge in [-0.3, -0.25) is 9.59 Å². The van der Waals surface area contributed by atoms with Gasteiger partial charge in [-0.2, -0.15) is 0 Å². The molecule has 1 saturated heterocycles. The Hall–Kier alpha value is -1.39. The van der Waals surface area contributed by atoms with Crippen LogP contribution in [0.2, 0.25) is 0 Å². The molecule has 90 valence electrons. The highest BCUT2D eigenvalue weighted by molar-refractivity contribution is 6.05. The lowest BCUT2D eigenvalue weighted by Gasteiger charge is -2.24. The monoisotopic (exact) mass is 227 g/mol. The lowest BCUT2D eigenvalue weighted by atomic mass is 10.0. The number of rotatable bonds is 3. The van der Waals surface area contributed by atoms with Crippen LogP contribution in [-0.2, 0) is 14.3 Å². The zero-order chi connectivity index (χ0) is 12.5. The number of carbonyl (C=O) groups is 3. The molecule has 0 unspecified atom stereocenters. The van der Waals surface area contributed by atoms with Gasteiger partial charge in [-0.05, 0) is 19.8 Å². The number of amides is 2. The van der Waals surface area contributed by atoms with Crippen LogP contribution >= 0.6 is 0 Å². The van der Waals surface area contributed by atoms with E-state index in [1.165, 1.54) is 13.8 Å². The van der Waals surface area contributed by atoms with Crippen molar-refractivity contribution in [2.45, 2.75) is 33.7 Å². The van der Waals surface area contributed by atoms with E-state index < -0.39 is 17.9 Å². The van der Waals surface area contributed by atoms with Gasteiger partial charge in [0.25, 0.3) is 0 Å². The molecule has 0 bridgehead atoms. The van der Waals surface area contributed by atoms with Gasteiger partial charge in [0.15, 0.2) is 0 Å². The van der Waals surface area contributed by atoms with Crippen molar-refractivity contribution in [3.63, 3.8) is 0 Å². The average molecular weight is 227 g/mol. The van der Waals surface area contributed by atoms with Gasteiger partial charge in [-0.15, -0.1) is 0 Å². The van der Waals surface area contributed by atoms with Crippen molar-refractivity contribution in [2.24, 2.45) is 11.8 Å². The SMILES string of the molecule is CC(=O)[C@H](C)C(=O)N1C(=O)OC[C@H]1C(C)C. The first-order valence-corrected chi connectivity index (χ1v) is 5.36. The van der Waals surface area contributed by atoms with Crippen LogP contribution in [0.25, 0.3) is 0 Å². The Bertz CT molecular complexity index is 324. The number of nitrogens with zero attached hydrogens (tertiary/aromatic N) is 1. The Morgan fingerprint density at radius 3 is 2.38 bits per heavy atom. The number of ether oxygens (including phenoxy) is 1. The third-order valence-electron chi connectivity index (χ3n) is 2.89. The highest BCUT2D eigenvalue weighted by Crippen LogP contribution is 2.21. The molecule has 0 radical (unpaired) electrons. The van der Waals surface area contributed by atoms with Crippen LogP contribution in [0, 0.1) is 11.8 Å². The minimum Gasteiger partial charge on any atom is -0.447 e. The molecular weight excluding hydrogens is 210 g/mol. The molecule has 1 rings (SSSR count). The topological polar surface area (TPSA) is 63.7 Å². The molecule has 5 heteroatoms. The first-order chi connectivity index (χ1) is 7.36. The fraction of sp³-hybridized carbons (Fsp3) is 0.727. The summed E-state index contributed by atoms with van der Waals surface area (Å²) in [6, 6.07) is -0.262. The average Bonchev–Trinajstić information content (AvgIpc) is 2.57. The van der Waals surface area contributed by atoms with Gasteiger partial charge in [0, 0.05) is 0 Å². The molecule has 1 heterocycles. The van der Waals surface area contributed by atoms with E-state index >= 15 is 0 Å². The van der Waals surface area contributed by atoms with E-state index in [0.717, 1.165) is 4.90 Å². The molecule has 1 aliphatic rings. The second-order valence-corrected chi connectivity index (χ2v) is 4.43. The third-order valence-corrected chi connectivity index (χ3v) is 2.89. The number of Topliss-reactive ketones (excluding diaryl/α,β-unsaturated/α-hetero) is 1. The van der Waals surface area contributed by atoms with E-state index in [9.17, 15) is 14.4 Å². The quantitative estimate of drug-likeness (QED) is 0.680. The largest absolute Gasteiger partial charge is 0.447 e. The molecule has 5 nitrogen and oxygen atoms in total. The van der Waals surface area contributed by atoms with Crippen LogP contribution in [-0.4, -0.2) is 35.3 Å². The standard InChI is InChI=1S/C11H17NO4/c1-6(2)9-5-16-11(15)12(9)10(14)7(3)8(4)13/h6-7,9H,5H2,1-4H3/t7-,9-/m0/s1. The maximum Gasteiger partial charge on any atom is 0.417 e. The molecule has 0 aromatic heterocycles. The normalized spacial score (nSPS) is 22.2. The summed E-state index contributed by atoms with van der Waals surface area (Å²) in [6.07, 6.45) is -0.642. The highest BCUT2D eigenvalue weighted by Gasteiger charge is 2.41. The predicted molar refractivity (Wildman–Crippen MR) is 56.7 cm³/mol. The molecule has 0 aliphatic carbocycles. The summed E-state index contributed by atoms with van der Waals surface area (Å²) in [4.78, 5) is 35.6. The number of hydrogen-bond donors (Lipinski definition) is 0. The molecule has 0 saturated carbocycles. The van der Waals surface area contributed by atoms with E-state index in [0.29, 0.717) is 0 Å². The fourth-order valence-corrected chi connectivity index (χ4v) is 1.56. The Morgan fingerprint density at radius 2 is 1.94 bits per heavy atom. The summed E-state index contributed by atoms with van der Waals surface area (Å²) in [5.74, 6) is -1.37. The Labute approximate surface area is 94.7 Å². The van der Waals surface area contributed by atoms with E-state index in [4.69, 9.17) is 4.74 Å². The number of ketones is 1. The predicted octanol–water partition coefficient (Wildman–Crippen LogP) is 1.21. The van der Waals surface area contributed by atoms with Crippen molar-refractivity contribution in [1.29, 1.82) is 0 Å². The molecule has 0 aromatic carbocycles. The van der Waals surface area contributed by atoms with Gasteiger partial charge in [0.1, 0.15) is 12.4 Å². The number of cyclic esters (lactones) is 1. The smallest absolute Gasteiger partial charge is 0.417 e. The van der Waals surface area contributed by atoms with Gasteiger partial charge in [-0.25, -0.2) is 9.69 Å². The summed E-state index contributed by atoms with van der Waals surface area (Å²) in [5, 5.41) is 0. The first-order valence-electron chi connectivity index (χ1n) is 5.36. The summed E-state index contributed by atoms with van der Waals surface area (Å²) in [7, 11) is 0. The van der Waals surface area contributed by atoms with Crippen LogP contribution < -0.4 is 0 Å². The number of hydrogen-bond acceptors (Lipinski definition) is 4. The van der Waals surface area contributed by atoms with Crippen molar-refractivity contribution in [2.75, 3.05) is 6.61 Å². The minimum atomic E-state index is -0.785. The van der Waals surface area contributed by atoms with Crippen LogP contribution in [0.1, 0.15) is 27.7 Å². The van der Waals surface area contributed by atoms with Gasteiger partial charge in [0.2, 0.25) is 5.91 Å². The van der Waals surface area contributed by atoms with Crippen LogP contribution in [0.5, 0.6) is 0 Å². The molecule has 0 N–H and O–H groups in total. The van der Waals surface area contributed by atoms with Crippen molar-refractivity contribution < 1.29 is 19.1 Å². The highest BCUT2D eigenvalue weighted by atomic mass is 16.6. The number of imide groups is 1. The van der Waals surface area contributed by atoms with Gasteiger partial charge in [0.05, 0.1) is 12.0 Å². The molecule has 2 amide bonds. The second kappa shape index (κ2) is 4.63. The summed E-state index contributed by atoms with van der Waals surface area (Å²) in [5.41, 5.74) is 0. The van der Waals surface area contributed by atoms with Crippen molar-refractivity contribution in [3.8, 4) is 0 Å². The van der Waals surface area contributed by atoms with Crippen molar-refractivity contribution in [3.05, 3.63) is 0 Å². The van der Waals surface area contributed by atoms with Gasteiger partial charge >= 0.3 is 6.09 Å². The van der Waals surface area contributed by atoms with Crippen LogP contribution in [0.4, 0.5) is 4.79 Å². The molecule has 0 aromatic rings. The lowest BCUT2D eigenvalue weighted by Crippen LogP contribution is -2.45. The minimum absolute atomic E-state index is 0.120. The molecular formula is C11H17NO4. The second-order valence-electron chi connectivity index (χ2n) is 4.43. The molecule has 0 spiro atoms. The number of carbonyl (C=O) groups excluding carboxylic acids is 3. The van der Waals surface area contributed by atoms with E-state index in [-0.39, 0.29) is 24.3 Å². The van der Waals surface area contributed by atoms with E-state index in [1.54, 1.807) is 0 Å². The van der Waals surface area contributed by atoms with E-state index in [1.807, 2.05) is 13.8 Å². The summed E-state index contributed by atoms with van der Waals surface area (Å²) < 4.78 is 4.85. The molecule has 16 heavy (non-hydrogen) atoms. The van der Waals surface area contributed by atoms with Gasteiger partial charge in [-0.1, -0.05) is 13.8 Å². The maximum absolute atomic E-state index is 11.9. The third kappa shape index (κ3) is 2.23. The molecule has 1 aliphatic heterocycles. The lowest BCUT2D eigenvalue weighted by molar-refractivity contribution is -0.138. The van der Waals surface area contributed by atoms with E-state index in [2.05, 4.69) is 0 Å². The van der Waals surface area contributed by atoms with Crippen molar-refractivity contribution in [1.82, 2.24) is 4.90 Å². The summed E-state index contributed by atoms with van der Waals surface area (Å²) >= 11 is 0. The van der Waals surface area contributed by atoms with Crippen LogP contribution in [0.15, 0.2) is 0 Å². The zero-order valence-electron chi connectivity index (χ0n) is 10.0. The Kier molecular flexibility index (Phi) is 3.67. The zero-order valence-corrected chi connectivity index (χ0v) is 10.0. The summed E-state index contributed by atoms with van der Waals surface area (Å²) in [6.45, 7) is 6.88. The fourth-order valence-electron chi connectivity index (χ4n) is 1.56.